The largest absolute Gasteiger partial charge is 0.378 e. The van der Waals surface area contributed by atoms with Crippen LogP contribution in [0.15, 0.2) is 58.7 Å². The third kappa shape index (κ3) is 4.38. The van der Waals surface area contributed by atoms with Gasteiger partial charge < -0.3 is 4.90 Å². The summed E-state index contributed by atoms with van der Waals surface area (Å²) in [6, 6.07) is 13.2. The van der Waals surface area contributed by atoms with Gasteiger partial charge in [-0.05, 0) is 36.8 Å². The molecule has 7 nitrogen and oxygen atoms in total. The van der Waals surface area contributed by atoms with Crippen molar-refractivity contribution in [3.05, 3.63) is 70.3 Å². The Balaban J connectivity index is 1.66. The Kier molecular flexibility index (Phi) is 5.30. The lowest BCUT2D eigenvalue weighted by atomic mass is 10.2. The maximum atomic E-state index is 12.5. The topological polar surface area (TPSA) is 79.6 Å². The number of benzene rings is 2. The number of anilines is 1. The first-order chi connectivity index (χ1) is 12.9. The summed E-state index contributed by atoms with van der Waals surface area (Å²) >= 11 is 0. The zero-order valence-corrected chi connectivity index (χ0v) is 15.5. The van der Waals surface area contributed by atoms with Gasteiger partial charge in [0.25, 0.3) is 11.5 Å². The lowest BCUT2D eigenvalue weighted by Gasteiger charge is -2.11. The van der Waals surface area contributed by atoms with E-state index in [-0.39, 0.29) is 12.1 Å². The van der Waals surface area contributed by atoms with Gasteiger partial charge in [0, 0.05) is 19.8 Å². The second kappa shape index (κ2) is 7.82. The smallest absolute Gasteiger partial charge is 0.261 e. The quantitative estimate of drug-likeness (QED) is 0.555. The molecule has 1 heterocycles. The van der Waals surface area contributed by atoms with E-state index in [0.29, 0.717) is 10.9 Å². The number of nitrogens with zero attached hydrogens (tertiary/aromatic N) is 4. The van der Waals surface area contributed by atoms with Crippen molar-refractivity contribution >= 4 is 28.7 Å². The van der Waals surface area contributed by atoms with E-state index in [1.165, 1.54) is 10.9 Å². The molecule has 2 aromatic carbocycles. The van der Waals surface area contributed by atoms with Crippen LogP contribution in [0.5, 0.6) is 0 Å². The molecule has 0 fully saturated rings. The van der Waals surface area contributed by atoms with Crippen LogP contribution in [-0.4, -0.2) is 35.8 Å². The van der Waals surface area contributed by atoms with Gasteiger partial charge in [-0.2, -0.15) is 5.10 Å². The van der Waals surface area contributed by atoms with Crippen molar-refractivity contribution in [1.29, 1.82) is 0 Å². The summed E-state index contributed by atoms with van der Waals surface area (Å²) in [5.74, 6) is -0.396. The van der Waals surface area contributed by atoms with Crippen molar-refractivity contribution in [2.24, 2.45) is 5.10 Å². The Morgan fingerprint density at radius 2 is 1.96 bits per heavy atom. The SMILES string of the molecule is Cc1ccc2ncn(CC(=O)N/N=C/c3ccc(N(C)C)cc3)c(=O)c2c1. The molecule has 0 unspecified atom stereocenters. The highest BCUT2D eigenvalue weighted by atomic mass is 16.2. The Morgan fingerprint density at radius 3 is 2.67 bits per heavy atom. The van der Waals surface area contributed by atoms with E-state index in [1.807, 2.05) is 56.3 Å². The second-order valence-electron chi connectivity index (χ2n) is 6.48. The zero-order valence-electron chi connectivity index (χ0n) is 15.5. The predicted octanol–water partition coefficient (Wildman–Crippen LogP) is 1.92. The molecule has 7 heteroatoms. The molecule has 3 aromatic rings. The lowest BCUT2D eigenvalue weighted by Crippen LogP contribution is -2.30. The van der Waals surface area contributed by atoms with E-state index in [1.54, 1.807) is 18.3 Å². The van der Waals surface area contributed by atoms with E-state index in [4.69, 9.17) is 0 Å². The summed E-state index contributed by atoms with van der Waals surface area (Å²) in [5, 5.41) is 4.44. The third-order valence-corrected chi connectivity index (χ3v) is 4.11. The van der Waals surface area contributed by atoms with Gasteiger partial charge >= 0.3 is 0 Å². The summed E-state index contributed by atoms with van der Waals surface area (Å²) in [5.41, 5.74) is 5.71. The molecule has 3 rings (SSSR count). The third-order valence-electron chi connectivity index (χ3n) is 4.11. The summed E-state index contributed by atoms with van der Waals surface area (Å²) in [6.45, 7) is 1.76. The molecular formula is C20H21N5O2. The number of rotatable bonds is 5. The number of hydrazone groups is 1. The Bertz CT molecular complexity index is 1050. The second-order valence-corrected chi connectivity index (χ2v) is 6.48. The molecule has 138 valence electrons. The van der Waals surface area contributed by atoms with Crippen LogP contribution in [0.1, 0.15) is 11.1 Å². The van der Waals surface area contributed by atoms with Gasteiger partial charge in [-0.25, -0.2) is 10.4 Å². The monoisotopic (exact) mass is 363 g/mol. The molecule has 0 aliphatic heterocycles. The molecule has 0 saturated heterocycles. The van der Waals surface area contributed by atoms with Gasteiger partial charge in [0.2, 0.25) is 0 Å². The number of nitrogens with one attached hydrogen (secondary N) is 1. The highest BCUT2D eigenvalue weighted by Crippen LogP contribution is 2.11. The van der Waals surface area contributed by atoms with Crippen molar-refractivity contribution < 1.29 is 4.79 Å². The normalized spacial score (nSPS) is 11.1. The van der Waals surface area contributed by atoms with Crippen LogP contribution in [0.4, 0.5) is 5.69 Å². The molecule has 0 radical (unpaired) electrons. The fraction of sp³-hybridized carbons (Fsp3) is 0.200. The maximum Gasteiger partial charge on any atom is 0.261 e. The molecule has 0 bridgehead atoms. The molecular weight excluding hydrogens is 342 g/mol. The molecule has 1 N–H and O–H groups in total. The van der Waals surface area contributed by atoms with Gasteiger partial charge in [0.1, 0.15) is 6.54 Å². The van der Waals surface area contributed by atoms with Gasteiger partial charge in [0.15, 0.2) is 0 Å². The van der Waals surface area contributed by atoms with E-state index in [0.717, 1.165) is 16.8 Å². The molecule has 27 heavy (non-hydrogen) atoms. The highest BCUT2D eigenvalue weighted by Gasteiger charge is 2.08. The van der Waals surface area contributed by atoms with E-state index in [2.05, 4.69) is 15.5 Å². The molecule has 1 amide bonds. The van der Waals surface area contributed by atoms with Crippen LogP contribution in [-0.2, 0) is 11.3 Å². The predicted molar refractivity (Wildman–Crippen MR) is 107 cm³/mol. The summed E-state index contributed by atoms with van der Waals surface area (Å²) in [4.78, 5) is 30.8. The van der Waals surface area contributed by atoms with Crippen LogP contribution in [0.25, 0.3) is 10.9 Å². The van der Waals surface area contributed by atoms with Crippen LogP contribution in [0, 0.1) is 6.92 Å². The van der Waals surface area contributed by atoms with Crippen LogP contribution >= 0.6 is 0 Å². The maximum absolute atomic E-state index is 12.5. The summed E-state index contributed by atoms with van der Waals surface area (Å²) in [6.07, 6.45) is 2.94. The Morgan fingerprint density at radius 1 is 1.22 bits per heavy atom. The van der Waals surface area contributed by atoms with Crippen molar-refractivity contribution in [1.82, 2.24) is 15.0 Å². The molecule has 0 aliphatic carbocycles. The Hall–Kier alpha value is -3.48. The molecule has 0 saturated carbocycles. The van der Waals surface area contributed by atoms with Crippen LogP contribution < -0.4 is 15.9 Å². The van der Waals surface area contributed by atoms with E-state index >= 15 is 0 Å². The fourth-order valence-corrected chi connectivity index (χ4v) is 2.61. The first-order valence-electron chi connectivity index (χ1n) is 8.49. The molecule has 0 spiro atoms. The summed E-state index contributed by atoms with van der Waals surface area (Å²) < 4.78 is 1.28. The fourth-order valence-electron chi connectivity index (χ4n) is 2.61. The number of hydrogen-bond donors (Lipinski definition) is 1. The van der Waals surface area contributed by atoms with Crippen LogP contribution in [0.3, 0.4) is 0 Å². The number of amides is 1. The average Bonchev–Trinajstić information content (AvgIpc) is 2.65. The van der Waals surface area contributed by atoms with Gasteiger partial charge in [0.05, 0.1) is 23.4 Å². The molecule has 0 atom stereocenters. The molecule has 1 aromatic heterocycles. The van der Waals surface area contributed by atoms with E-state index < -0.39 is 5.91 Å². The zero-order chi connectivity index (χ0) is 19.4. The Labute approximate surface area is 157 Å². The van der Waals surface area contributed by atoms with Crippen molar-refractivity contribution in [2.45, 2.75) is 13.5 Å². The number of fused-ring (bicyclic) bond motifs is 1. The minimum absolute atomic E-state index is 0.146. The lowest BCUT2D eigenvalue weighted by molar-refractivity contribution is -0.121. The standard InChI is InChI=1S/C20H21N5O2/c1-14-4-9-18-17(10-14)20(27)25(13-21-18)12-19(26)23-22-11-15-5-7-16(8-6-15)24(2)3/h4-11,13H,12H2,1-3H3,(H,23,26)/b22-11+. The highest BCUT2D eigenvalue weighted by molar-refractivity contribution is 5.83. The number of carbonyl (C=O) groups is 1. The molecule has 0 aliphatic rings. The van der Waals surface area contributed by atoms with Gasteiger partial charge in [-0.15, -0.1) is 0 Å². The van der Waals surface area contributed by atoms with Crippen LogP contribution in [0.2, 0.25) is 0 Å². The minimum Gasteiger partial charge on any atom is -0.378 e. The first-order valence-corrected chi connectivity index (χ1v) is 8.49. The van der Waals surface area contributed by atoms with Crippen molar-refractivity contribution in [3.8, 4) is 0 Å². The number of hydrogen-bond acceptors (Lipinski definition) is 5. The number of carbonyl (C=O) groups excluding carboxylic acids is 1. The van der Waals surface area contributed by atoms with E-state index in [9.17, 15) is 9.59 Å². The van der Waals surface area contributed by atoms with Crippen molar-refractivity contribution in [3.63, 3.8) is 0 Å². The minimum atomic E-state index is -0.396. The average molecular weight is 363 g/mol. The van der Waals surface area contributed by atoms with Gasteiger partial charge in [-0.1, -0.05) is 23.8 Å². The van der Waals surface area contributed by atoms with Gasteiger partial charge in [-0.3, -0.25) is 14.2 Å². The first kappa shape index (κ1) is 18.3. The number of aromatic nitrogens is 2. The number of aryl methyl sites for hydroxylation is 1. The van der Waals surface area contributed by atoms with Crippen molar-refractivity contribution in [2.75, 3.05) is 19.0 Å². The summed E-state index contributed by atoms with van der Waals surface area (Å²) in [7, 11) is 3.93.